The van der Waals surface area contributed by atoms with Crippen molar-refractivity contribution in [2.75, 3.05) is 13.1 Å². The number of benzene rings is 2. The van der Waals surface area contributed by atoms with Crippen LogP contribution in [-0.4, -0.2) is 23.9 Å². The predicted molar refractivity (Wildman–Crippen MR) is 91.8 cm³/mol. The molecule has 0 radical (unpaired) electrons. The Morgan fingerprint density at radius 1 is 0.909 bits per heavy atom. The van der Waals surface area contributed by atoms with E-state index in [2.05, 4.69) is 13.8 Å². The number of likely N-dealkylation sites (N-methyl/N-ethyl adjacent to an activating group) is 1. The van der Waals surface area contributed by atoms with Crippen molar-refractivity contribution in [2.24, 2.45) is 5.92 Å². The molecule has 0 bridgehead atoms. The van der Waals surface area contributed by atoms with E-state index in [1.807, 2.05) is 72.5 Å². The first-order valence-corrected chi connectivity index (χ1v) is 8.02. The van der Waals surface area contributed by atoms with Gasteiger partial charge in [-0.25, -0.2) is 0 Å². The molecular formula is C20H25NO. The van der Waals surface area contributed by atoms with Crippen molar-refractivity contribution in [1.29, 1.82) is 0 Å². The first kappa shape index (κ1) is 16.3. The minimum absolute atomic E-state index is 0.189. The van der Waals surface area contributed by atoms with Crippen molar-refractivity contribution in [2.45, 2.75) is 26.7 Å². The summed E-state index contributed by atoms with van der Waals surface area (Å²) >= 11 is 0. The number of carbonyl (C=O) groups is 1. The molecular weight excluding hydrogens is 270 g/mol. The van der Waals surface area contributed by atoms with Crippen molar-refractivity contribution >= 4 is 5.91 Å². The topological polar surface area (TPSA) is 20.3 Å². The smallest absolute Gasteiger partial charge is 0.234 e. The molecule has 2 rings (SSSR count). The SMILES string of the molecule is CCN(CC(C)C)C(=O)C(c1ccccc1)c1ccccc1. The second-order valence-corrected chi connectivity index (χ2v) is 6.03. The second-order valence-electron chi connectivity index (χ2n) is 6.03. The number of hydrogen-bond acceptors (Lipinski definition) is 1. The fraction of sp³-hybridized carbons (Fsp3) is 0.350. The fourth-order valence-corrected chi connectivity index (χ4v) is 2.77. The molecule has 0 aromatic heterocycles. The summed E-state index contributed by atoms with van der Waals surface area (Å²) in [6, 6.07) is 20.1. The average Bonchev–Trinajstić information content (AvgIpc) is 2.54. The van der Waals surface area contributed by atoms with Crippen LogP contribution in [0.1, 0.15) is 37.8 Å². The van der Waals surface area contributed by atoms with Gasteiger partial charge in [-0.2, -0.15) is 0 Å². The summed E-state index contributed by atoms with van der Waals surface area (Å²) in [6.07, 6.45) is 0. The van der Waals surface area contributed by atoms with Gasteiger partial charge < -0.3 is 4.90 Å². The van der Waals surface area contributed by atoms with Crippen molar-refractivity contribution in [3.63, 3.8) is 0 Å². The van der Waals surface area contributed by atoms with Gasteiger partial charge in [-0.3, -0.25) is 4.79 Å². The van der Waals surface area contributed by atoms with E-state index < -0.39 is 0 Å². The molecule has 0 spiro atoms. The molecule has 0 heterocycles. The minimum Gasteiger partial charge on any atom is -0.342 e. The standard InChI is InChI=1S/C20H25NO/c1-4-21(15-16(2)3)20(22)19(17-11-7-5-8-12-17)18-13-9-6-10-14-18/h5-14,16,19H,4,15H2,1-3H3. The Morgan fingerprint density at radius 3 is 1.73 bits per heavy atom. The highest BCUT2D eigenvalue weighted by Gasteiger charge is 2.26. The predicted octanol–water partition coefficient (Wildman–Crippen LogP) is 4.32. The lowest BCUT2D eigenvalue weighted by Gasteiger charge is -2.28. The van der Waals surface area contributed by atoms with Crippen molar-refractivity contribution in [1.82, 2.24) is 4.90 Å². The van der Waals surface area contributed by atoms with Crippen LogP contribution in [0.15, 0.2) is 60.7 Å². The minimum atomic E-state index is -0.221. The van der Waals surface area contributed by atoms with Gasteiger partial charge in [-0.15, -0.1) is 0 Å². The molecule has 0 aliphatic heterocycles. The summed E-state index contributed by atoms with van der Waals surface area (Å²) < 4.78 is 0. The van der Waals surface area contributed by atoms with E-state index in [1.54, 1.807) is 0 Å². The van der Waals surface area contributed by atoms with Crippen molar-refractivity contribution < 1.29 is 4.79 Å². The van der Waals surface area contributed by atoms with Crippen LogP contribution in [0.5, 0.6) is 0 Å². The zero-order valence-corrected chi connectivity index (χ0v) is 13.7. The maximum atomic E-state index is 13.1. The van der Waals surface area contributed by atoms with Crippen molar-refractivity contribution in [3.8, 4) is 0 Å². The molecule has 0 aliphatic carbocycles. The van der Waals surface area contributed by atoms with E-state index in [0.717, 1.165) is 24.2 Å². The first-order valence-electron chi connectivity index (χ1n) is 8.02. The lowest BCUT2D eigenvalue weighted by Crippen LogP contribution is -2.38. The maximum absolute atomic E-state index is 13.1. The third kappa shape index (κ3) is 3.97. The van der Waals surface area contributed by atoms with Gasteiger partial charge in [-0.1, -0.05) is 74.5 Å². The number of rotatable bonds is 6. The Kier molecular flexibility index (Phi) is 5.76. The Labute approximate surface area is 133 Å². The second kappa shape index (κ2) is 7.79. The van der Waals surface area contributed by atoms with E-state index in [1.165, 1.54) is 0 Å². The van der Waals surface area contributed by atoms with Gasteiger partial charge in [0.25, 0.3) is 0 Å². The van der Waals surface area contributed by atoms with E-state index in [-0.39, 0.29) is 11.8 Å². The number of nitrogens with zero attached hydrogens (tertiary/aromatic N) is 1. The third-order valence-electron chi connectivity index (χ3n) is 3.79. The molecule has 2 aromatic carbocycles. The number of carbonyl (C=O) groups excluding carboxylic acids is 1. The Morgan fingerprint density at radius 2 is 1.36 bits per heavy atom. The third-order valence-corrected chi connectivity index (χ3v) is 3.79. The molecule has 0 unspecified atom stereocenters. The van der Waals surface area contributed by atoms with Crippen LogP contribution < -0.4 is 0 Å². The van der Waals surface area contributed by atoms with E-state index >= 15 is 0 Å². The molecule has 2 aromatic rings. The van der Waals surface area contributed by atoms with Crippen LogP contribution >= 0.6 is 0 Å². The molecule has 0 atom stereocenters. The number of amides is 1. The van der Waals surface area contributed by atoms with Gasteiger partial charge in [0.1, 0.15) is 0 Å². The lowest BCUT2D eigenvalue weighted by atomic mass is 9.90. The molecule has 0 aliphatic rings. The van der Waals surface area contributed by atoms with E-state index in [4.69, 9.17) is 0 Å². The molecule has 0 N–H and O–H groups in total. The molecule has 116 valence electrons. The molecule has 0 saturated carbocycles. The molecule has 1 amide bonds. The maximum Gasteiger partial charge on any atom is 0.234 e. The largest absolute Gasteiger partial charge is 0.342 e. The van der Waals surface area contributed by atoms with Gasteiger partial charge >= 0.3 is 0 Å². The molecule has 2 heteroatoms. The molecule has 0 fully saturated rings. The summed E-state index contributed by atoms with van der Waals surface area (Å²) in [6.45, 7) is 7.89. The molecule has 22 heavy (non-hydrogen) atoms. The van der Waals surface area contributed by atoms with Crippen LogP contribution in [0.3, 0.4) is 0 Å². The van der Waals surface area contributed by atoms with E-state index in [0.29, 0.717) is 5.92 Å². The van der Waals surface area contributed by atoms with Crippen LogP contribution in [0.4, 0.5) is 0 Å². The monoisotopic (exact) mass is 295 g/mol. The first-order chi connectivity index (χ1) is 10.6. The van der Waals surface area contributed by atoms with Gasteiger partial charge in [0, 0.05) is 13.1 Å². The summed E-state index contributed by atoms with van der Waals surface area (Å²) in [4.78, 5) is 15.1. The highest BCUT2D eigenvalue weighted by molar-refractivity contribution is 5.87. The lowest BCUT2D eigenvalue weighted by molar-refractivity contribution is -0.132. The highest BCUT2D eigenvalue weighted by Crippen LogP contribution is 2.27. The zero-order valence-electron chi connectivity index (χ0n) is 13.7. The average molecular weight is 295 g/mol. The fourth-order valence-electron chi connectivity index (χ4n) is 2.77. The van der Waals surface area contributed by atoms with Gasteiger partial charge in [0.2, 0.25) is 5.91 Å². The zero-order chi connectivity index (χ0) is 15.9. The van der Waals surface area contributed by atoms with E-state index in [9.17, 15) is 4.79 Å². The van der Waals surface area contributed by atoms with Crippen LogP contribution in [0.2, 0.25) is 0 Å². The summed E-state index contributed by atoms with van der Waals surface area (Å²) in [5.41, 5.74) is 2.11. The van der Waals surface area contributed by atoms with Gasteiger partial charge in [-0.05, 0) is 24.0 Å². The quantitative estimate of drug-likeness (QED) is 0.777. The molecule has 0 saturated heterocycles. The highest BCUT2D eigenvalue weighted by atomic mass is 16.2. The Hall–Kier alpha value is -2.09. The Balaban J connectivity index is 2.38. The van der Waals surface area contributed by atoms with Crippen molar-refractivity contribution in [3.05, 3.63) is 71.8 Å². The van der Waals surface area contributed by atoms with Crippen LogP contribution in [0.25, 0.3) is 0 Å². The molecule has 2 nitrogen and oxygen atoms in total. The van der Waals surface area contributed by atoms with Crippen LogP contribution in [0, 0.1) is 5.92 Å². The van der Waals surface area contributed by atoms with Gasteiger partial charge in [0.15, 0.2) is 0 Å². The normalized spacial score (nSPS) is 11.0. The summed E-state index contributed by atoms with van der Waals surface area (Å²) in [5.74, 6) is 0.436. The number of hydrogen-bond donors (Lipinski definition) is 0. The van der Waals surface area contributed by atoms with Gasteiger partial charge in [0.05, 0.1) is 5.92 Å². The Bertz CT molecular complexity index is 538. The summed E-state index contributed by atoms with van der Waals surface area (Å²) in [5, 5.41) is 0. The summed E-state index contributed by atoms with van der Waals surface area (Å²) in [7, 11) is 0. The van der Waals surface area contributed by atoms with Crippen LogP contribution in [-0.2, 0) is 4.79 Å².